The molecule has 5 nitrogen and oxygen atoms in total. The molecule has 0 radical (unpaired) electrons. The van der Waals surface area contributed by atoms with Crippen LogP contribution in [0.1, 0.15) is 44.4 Å². The van der Waals surface area contributed by atoms with E-state index in [-0.39, 0.29) is 5.91 Å². The quantitative estimate of drug-likeness (QED) is 0.847. The number of hydrogen-bond donors (Lipinski definition) is 1. The Hall–Kier alpha value is -2.14. The van der Waals surface area contributed by atoms with Crippen LogP contribution < -0.4 is 5.32 Å². The van der Waals surface area contributed by atoms with Gasteiger partial charge >= 0.3 is 0 Å². The molecule has 2 atom stereocenters. The topological polar surface area (TPSA) is 58.4 Å². The normalized spacial score (nSPS) is 23.0. The van der Waals surface area contributed by atoms with E-state index >= 15 is 0 Å². The van der Waals surface area contributed by atoms with Gasteiger partial charge in [0.15, 0.2) is 11.7 Å². The molecule has 0 spiro atoms. The molecule has 0 aliphatic carbocycles. The largest absolute Gasteiger partial charge is 0.441 e. The first-order valence-corrected chi connectivity index (χ1v) is 10.3. The number of nitrogens with zero attached hydrogens (tertiary/aromatic N) is 2. The average molecular weight is 367 g/mol. The van der Waals surface area contributed by atoms with Crippen molar-refractivity contribution >= 4 is 5.91 Å². The number of benzene rings is 1. The van der Waals surface area contributed by atoms with Gasteiger partial charge in [-0.3, -0.25) is 4.79 Å². The number of carbonyl (C=O) groups excluding carboxylic acids is 1. The van der Waals surface area contributed by atoms with Crippen LogP contribution in [0.2, 0.25) is 0 Å². The van der Waals surface area contributed by atoms with E-state index in [2.05, 4.69) is 15.2 Å². The van der Waals surface area contributed by atoms with Gasteiger partial charge in [0.1, 0.15) is 0 Å². The van der Waals surface area contributed by atoms with Crippen molar-refractivity contribution in [1.29, 1.82) is 0 Å². The third-order valence-electron chi connectivity index (χ3n) is 5.97. The lowest BCUT2D eigenvalue weighted by Gasteiger charge is -2.44. The highest BCUT2D eigenvalue weighted by atomic mass is 16.4. The predicted octanol–water partition coefficient (Wildman–Crippen LogP) is 3.65. The first-order valence-electron chi connectivity index (χ1n) is 10.3. The Morgan fingerprint density at radius 1 is 1.15 bits per heavy atom. The molecular weight excluding hydrogens is 338 g/mol. The summed E-state index contributed by atoms with van der Waals surface area (Å²) in [6.45, 7) is 3.28. The number of oxazole rings is 1. The lowest BCUT2D eigenvalue weighted by atomic mass is 9.83. The second-order valence-electron chi connectivity index (χ2n) is 7.79. The van der Waals surface area contributed by atoms with Crippen LogP contribution in [0.3, 0.4) is 0 Å². The van der Waals surface area contributed by atoms with Gasteiger partial charge in [-0.05, 0) is 44.7 Å². The Morgan fingerprint density at radius 2 is 2.00 bits per heavy atom. The van der Waals surface area contributed by atoms with Gasteiger partial charge in [0.2, 0.25) is 5.91 Å². The maximum atomic E-state index is 12.3. The number of carbonyl (C=O) groups is 1. The number of aromatic nitrogens is 1. The van der Waals surface area contributed by atoms with Crippen molar-refractivity contribution < 1.29 is 9.21 Å². The fraction of sp³-hybridized carbons (Fsp3) is 0.545. The van der Waals surface area contributed by atoms with Crippen molar-refractivity contribution in [3.8, 4) is 11.3 Å². The Labute approximate surface area is 161 Å². The molecular formula is C22H29N3O2. The fourth-order valence-corrected chi connectivity index (χ4v) is 4.53. The SMILES string of the molecule is O=C(CCc1ncc(-c2ccccc2)o1)NC[C@@H]1CCCN2CCCC[C@@H]12. The summed E-state index contributed by atoms with van der Waals surface area (Å²) in [6.07, 6.45) is 9.16. The highest BCUT2D eigenvalue weighted by molar-refractivity contribution is 5.76. The molecule has 1 amide bonds. The maximum Gasteiger partial charge on any atom is 0.220 e. The Bertz CT molecular complexity index is 741. The lowest BCUT2D eigenvalue weighted by Crippen LogP contribution is -2.51. The number of hydrogen-bond acceptors (Lipinski definition) is 4. The summed E-state index contributed by atoms with van der Waals surface area (Å²) in [5.41, 5.74) is 1.01. The van der Waals surface area contributed by atoms with Crippen molar-refractivity contribution in [3.63, 3.8) is 0 Å². The molecule has 0 bridgehead atoms. The van der Waals surface area contributed by atoms with Crippen LogP contribution in [-0.4, -0.2) is 41.5 Å². The summed E-state index contributed by atoms with van der Waals surface area (Å²) in [5, 5.41) is 3.16. The highest BCUT2D eigenvalue weighted by Gasteiger charge is 2.32. The van der Waals surface area contributed by atoms with Crippen LogP contribution in [0.25, 0.3) is 11.3 Å². The molecule has 3 heterocycles. The maximum absolute atomic E-state index is 12.3. The van der Waals surface area contributed by atoms with E-state index < -0.39 is 0 Å². The van der Waals surface area contributed by atoms with Crippen molar-refractivity contribution in [2.75, 3.05) is 19.6 Å². The van der Waals surface area contributed by atoms with Crippen LogP contribution >= 0.6 is 0 Å². The number of piperidine rings is 2. The number of nitrogens with one attached hydrogen (secondary N) is 1. The Balaban J connectivity index is 1.24. The second kappa shape index (κ2) is 8.70. The van der Waals surface area contributed by atoms with Gasteiger partial charge < -0.3 is 14.6 Å². The van der Waals surface area contributed by atoms with Crippen LogP contribution in [0.5, 0.6) is 0 Å². The fourth-order valence-electron chi connectivity index (χ4n) is 4.53. The lowest BCUT2D eigenvalue weighted by molar-refractivity contribution is -0.121. The Kier molecular flexibility index (Phi) is 5.87. The summed E-state index contributed by atoms with van der Waals surface area (Å²) in [6, 6.07) is 10.6. The number of amides is 1. The van der Waals surface area contributed by atoms with Gasteiger partial charge in [0.25, 0.3) is 0 Å². The molecule has 0 unspecified atom stereocenters. The van der Waals surface area contributed by atoms with Crippen LogP contribution in [0.15, 0.2) is 40.9 Å². The zero-order valence-electron chi connectivity index (χ0n) is 15.9. The number of aryl methyl sites for hydroxylation is 1. The highest BCUT2D eigenvalue weighted by Crippen LogP contribution is 2.30. The molecule has 2 fully saturated rings. The van der Waals surface area contributed by atoms with Gasteiger partial charge in [-0.1, -0.05) is 36.8 Å². The second-order valence-corrected chi connectivity index (χ2v) is 7.79. The van der Waals surface area contributed by atoms with E-state index in [9.17, 15) is 4.79 Å². The summed E-state index contributed by atoms with van der Waals surface area (Å²) in [4.78, 5) is 19.3. The number of rotatable bonds is 6. The van der Waals surface area contributed by atoms with Crippen LogP contribution in [0.4, 0.5) is 0 Å². The summed E-state index contributed by atoms with van der Waals surface area (Å²) < 4.78 is 5.79. The molecule has 1 aromatic carbocycles. The minimum Gasteiger partial charge on any atom is -0.441 e. The smallest absolute Gasteiger partial charge is 0.220 e. The van der Waals surface area contributed by atoms with E-state index in [4.69, 9.17) is 4.42 Å². The molecule has 5 heteroatoms. The molecule has 4 rings (SSSR count). The third kappa shape index (κ3) is 4.59. The van der Waals surface area contributed by atoms with Gasteiger partial charge in [0, 0.05) is 31.0 Å². The number of fused-ring (bicyclic) bond motifs is 1. The monoisotopic (exact) mass is 367 g/mol. The minimum absolute atomic E-state index is 0.0994. The molecule has 1 aromatic heterocycles. The summed E-state index contributed by atoms with van der Waals surface area (Å²) in [7, 11) is 0. The van der Waals surface area contributed by atoms with E-state index in [1.54, 1.807) is 6.20 Å². The minimum atomic E-state index is 0.0994. The van der Waals surface area contributed by atoms with Crippen molar-refractivity contribution in [3.05, 3.63) is 42.4 Å². The average Bonchev–Trinajstić information content (AvgIpc) is 3.20. The van der Waals surface area contributed by atoms with Gasteiger partial charge in [-0.15, -0.1) is 0 Å². The zero-order valence-corrected chi connectivity index (χ0v) is 15.9. The molecule has 0 saturated carbocycles. The van der Waals surface area contributed by atoms with E-state index in [1.165, 1.54) is 45.2 Å². The van der Waals surface area contributed by atoms with E-state index in [0.29, 0.717) is 30.7 Å². The Morgan fingerprint density at radius 3 is 2.89 bits per heavy atom. The van der Waals surface area contributed by atoms with Crippen LogP contribution in [0, 0.1) is 5.92 Å². The summed E-state index contributed by atoms with van der Waals surface area (Å²) in [5.74, 6) is 2.09. The zero-order chi connectivity index (χ0) is 18.5. The van der Waals surface area contributed by atoms with Crippen molar-refractivity contribution in [2.24, 2.45) is 5.92 Å². The first-order chi connectivity index (χ1) is 13.3. The van der Waals surface area contributed by atoms with Crippen molar-refractivity contribution in [1.82, 2.24) is 15.2 Å². The predicted molar refractivity (Wildman–Crippen MR) is 105 cm³/mol. The van der Waals surface area contributed by atoms with E-state index in [0.717, 1.165) is 17.9 Å². The standard InChI is InChI=1S/C22H29N3O2/c26-21(23-15-18-9-6-14-25-13-5-4-10-19(18)25)11-12-22-24-16-20(27-22)17-7-2-1-3-8-17/h1-3,7-8,16,18-19H,4-6,9-15H2,(H,23,26)/t18-,19-/m0/s1. The molecule has 2 aliphatic rings. The molecule has 1 N–H and O–H groups in total. The van der Waals surface area contributed by atoms with Crippen molar-refractivity contribution in [2.45, 2.75) is 51.0 Å². The van der Waals surface area contributed by atoms with E-state index in [1.807, 2.05) is 30.3 Å². The molecule has 27 heavy (non-hydrogen) atoms. The third-order valence-corrected chi connectivity index (χ3v) is 5.97. The first kappa shape index (κ1) is 18.2. The van der Waals surface area contributed by atoms with Gasteiger partial charge in [0.05, 0.1) is 6.20 Å². The van der Waals surface area contributed by atoms with Gasteiger partial charge in [-0.2, -0.15) is 0 Å². The molecule has 2 saturated heterocycles. The van der Waals surface area contributed by atoms with Crippen LogP contribution in [-0.2, 0) is 11.2 Å². The molecule has 144 valence electrons. The molecule has 2 aromatic rings. The molecule has 2 aliphatic heterocycles. The van der Waals surface area contributed by atoms with Gasteiger partial charge in [-0.25, -0.2) is 4.98 Å². The summed E-state index contributed by atoms with van der Waals surface area (Å²) >= 11 is 0.